The van der Waals surface area contributed by atoms with E-state index in [1.165, 1.54) is 0 Å². The van der Waals surface area contributed by atoms with Gasteiger partial charge in [0.1, 0.15) is 0 Å². The minimum atomic E-state index is -4.28. The van der Waals surface area contributed by atoms with Crippen LogP contribution in [0.15, 0.2) is 22.7 Å². The van der Waals surface area contributed by atoms with E-state index >= 15 is 0 Å². The lowest BCUT2D eigenvalue weighted by molar-refractivity contribution is -0.125. The van der Waals surface area contributed by atoms with Crippen LogP contribution < -0.4 is 5.32 Å². The van der Waals surface area contributed by atoms with E-state index in [4.69, 9.17) is 27.7 Å². The highest BCUT2D eigenvalue weighted by molar-refractivity contribution is 6.36. The van der Waals surface area contributed by atoms with Crippen molar-refractivity contribution in [3.63, 3.8) is 0 Å². The first-order chi connectivity index (χ1) is 9.85. The molecule has 0 saturated carbocycles. The minimum absolute atomic E-state index is 0.0671. The van der Waals surface area contributed by atoms with Crippen molar-refractivity contribution in [2.45, 2.75) is 19.1 Å². The van der Waals surface area contributed by atoms with Gasteiger partial charge in [0.2, 0.25) is 5.89 Å². The Bertz CT molecular complexity index is 596. The molecule has 2 rings (SSSR count). The van der Waals surface area contributed by atoms with E-state index in [2.05, 4.69) is 15.5 Å². The van der Waals surface area contributed by atoms with Crippen molar-refractivity contribution >= 4 is 23.2 Å². The Morgan fingerprint density at radius 2 is 1.86 bits per heavy atom. The molecular weight excluding hydrogens is 330 g/mol. The molecule has 1 aromatic heterocycles. The van der Waals surface area contributed by atoms with E-state index in [9.17, 15) is 13.2 Å². The second-order valence-corrected chi connectivity index (χ2v) is 5.01. The molecule has 1 N–H and O–H groups in total. The maximum absolute atomic E-state index is 12.0. The molecule has 1 heterocycles. The smallest absolute Gasteiger partial charge is 0.338 e. The molecular formula is C12H10Cl2F3N3O. The number of halogens is 5. The molecule has 2 aromatic rings. The van der Waals surface area contributed by atoms with Gasteiger partial charge < -0.3 is 9.84 Å². The second kappa shape index (κ2) is 6.64. The molecule has 0 spiro atoms. The third kappa shape index (κ3) is 4.87. The number of alkyl halides is 3. The third-order valence-electron chi connectivity index (χ3n) is 2.51. The van der Waals surface area contributed by atoms with Crippen LogP contribution in [-0.4, -0.2) is 22.9 Å². The number of hydrogen-bond donors (Lipinski definition) is 1. The summed E-state index contributed by atoms with van der Waals surface area (Å²) < 4.78 is 40.8. The summed E-state index contributed by atoms with van der Waals surface area (Å²) in [5.74, 6) is 0.367. The number of benzene rings is 1. The number of nitrogens with one attached hydrogen (secondary N) is 1. The quantitative estimate of drug-likeness (QED) is 0.903. The van der Waals surface area contributed by atoms with Gasteiger partial charge in [-0.3, -0.25) is 0 Å². The third-order valence-corrected chi connectivity index (χ3v) is 3.22. The fourth-order valence-electron chi connectivity index (χ4n) is 1.60. The highest BCUT2D eigenvalue weighted by atomic mass is 35.5. The Morgan fingerprint density at radius 3 is 2.48 bits per heavy atom. The van der Waals surface area contributed by atoms with Crippen LogP contribution in [0.4, 0.5) is 13.2 Å². The van der Waals surface area contributed by atoms with Gasteiger partial charge in [0.15, 0.2) is 5.82 Å². The summed E-state index contributed by atoms with van der Waals surface area (Å²) in [5, 5.41) is 6.78. The van der Waals surface area contributed by atoms with Gasteiger partial charge in [0, 0.05) is 16.5 Å². The van der Waals surface area contributed by atoms with Gasteiger partial charge in [0.25, 0.3) is 0 Å². The SMILES string of the molecule is FC(F)(F)CNCc1nc(Cc2c(Cl)cccc2Cl)no1. The summed E-state index contributed by atoms with van der Waals surface area (Å²) in [5.41, 5.74) is 0.636. The summed E-state index contributed by atoms with van der Waals surface area (Å²) >= 11 is 12.0. The maximum atomic E-state index is 12.0. The molecule has 0 aliphatic rings. The highest BCUT2D eigenvalue weighted by Crippen LogP contribution is 2.26. The van der Waals surface area contributed by atoms with E-state index in [1.807, 2.05) is 0 Å². The molecule has 0 unspecified atom stereocenters. The minimum Gasteiger partial charge on any atom is -0.338 e. The van der Waals surface area contributed by atoms with Crippen molar-refractivity contribution in [2.75, 3.05) is 6.54 Å². The van der Waals surface area contributed by atoms with Crippen LogP contribution >= 0.6 is 23.2 Å². The van der Waals surface area contributed by atoms with Gasteiger partial charge in [-0.05, 0) is 17.7 Å². The Labute approximate surface area is 128 Å². The van der Waals surface area contributed by atoms with Crippen LogP contribution in [0.25, 0.3) is 0 Å². The Morgan fingerprint density at radius 1 is 1.19 bits per heavy atom. The first-order valence-electron chi connectivity index (χ1n) is 5.87. The lowest BCUT2D eigenvalue weighted by Gasteiger charge is -2.05. The lowest BCUT2D eigenvalue weighted by Crippen LogP contribution is -2.28. The second-order valence-electron chi connectivity index (χ2n) is 4.20. The molecule has 0 atom stereocenters. The van der Waals surface area contributed by atoms with Crippen LogP contribution in [0.1, 0.15) is 17.3 Å². The van der Waals surface area contributed by atoms with Crippen molar-refractivity contribution in [3.05, 3.63) is 45.5 Å². The summed E-state index contributed by atoms with van der Waals surface area (Å²) in [4.78, 5) is 3.98. The van der Waals surface area contributed by atoms with E-state index < -0.39 is 12.7 Å². The monoisotopic (exact) mass is 339 g/mol. The number of rotatable bonds is 5. The van der Waals surface area contributed by atoms with Crippen molar-refractivity contribution in [2.24, 2.45) is 0 Å². The molecule has 4 nitrogen and oxygen atoms in total. The maximum Gasteiger partial charge on any atom is 0.401 e. The molecule has 0 saturated heterocycles. The van der Waals surface area contributed by atoms with Crippen molar-refractivity contribution < 1.29 is 17.7 Å². The summed E-state index contributed by atoms with van der Waals surface area (Å²) in [6.07, 6.45) is -4.05. The van der Waals surface area contributed by atoms with E-state index in [0.29, 0.717) is 21.4 Å². The predicted octanol–water partition coefficient (Wildman–Crippen LogP) is 3.62. The predicted molar refractivity (Wildman–Crippen MR) is 71.3 cm³/mol. The van der Waals surface area contributed by atoms with Crippen LogP contribution in [0.3, 0.4) is 0 Å². The Balaban J connectivity index is 1.97. The number of hydrogen-bond acceptors (Lipinski definition) is 4. The fraction of sp³-hybridized carbons (Fsp3) is 0.333. The molecule has 0 bridgehead atoms. The number of nitrogens with zero attached hydrogens (tertiary/aromatic N) is 2. The molecule has 21 heavy (non-hydrogen) atoms. The van der Waals surface area contributed by atoms with E-state index in [-0.39, 0.29) is 18.9 Å². The zero-order chi connectivity index (χ0) is 15.5. The molecule has 0 fully saturated rings. The standard InChI is InChI=1S/C12H10Cl2F3N3O/c13-8-2-1-3-9(14)7(8)4-10-19-11(21-20-10)5-18-6-12(15,16)17/h1-3,18H,4-6H2. The molecule has 0 radical (unpaired) electrons. The van der Waals surface area contributed by atoms with Gasteiger partial charge >= 0.3 is 6.18 Å². The topological polar surface area (TPSA) is 51.0 Å². The van der Waals surface area contributed by atoms with Crippen molar-refractivity contribution in [3.8, 4) is 0 Å². The molecule has 0 amide bonds. The Hall–Kier alpha value is -1.31. The van der Waals surface area contributed by atoms with Gasteiger partial charge in [-0.2, -0.15) is 18.2 Å². The first kappa shape index (κ1) is 16.1. The lowest BCUT2D eigenvalue weighted by atomic mass is 10.1. The van der Waals surface area contributed by atoms with Gasteiger partial charge in [0.05, 0.1) is 13.1 Å². The van der Waals surface area contributed by atoms with Crippen LogP contribution in [0.5, 0.6) is 0 Å². The van der Waals surface area contributed by atoms with Crippen LogP contribution in [0, 0.1) is 0 Å². The van der Waals surface area contributed by atoms with Gasteiger partial charge in [-0.25, -0.2) is 0 Å². The number of aromatic nitrogens is 2. The summed E-state index contributed by atoms with van der Waals surface area (Å²) in [6, 6.07) is 5.06. The molecule has 1 aromatic carbocycles. The summed E-state index contributed by atoms with van der Waals surface area (Å²) in [6.45, 7) is -1.29. The zero-order valence-electron chi connectivity index (χ0n) is 10.5. The van der Waals surface area contributed by atoms with Gasteiger partial charge in [-0.15, -0.1) is 0 Å². The average molecular weight is 340 g/mol. The van der Waals surface area contributed by atoms with Crippen LogP contribution in [-0.2, 0) is 13.0 Å². The molecule has 0 aliphatic carbocycles. The highest BCUT2D eigenvalue weighted by Gasteiger charge is 2.26. The summed E-state index contributed by atoms with van der Waals surface area (Å²) in [7, 11) is 0. The van der Waals surface area contributed by atoms with Crippen molar-refractivity contribution in [1.29, 1.82) is 0 Å². The van der Waals surface area contributed by atoms with E-state index in [0.717, 1.165) is 0 Å². The normalized spacial score (nSPS) is 11.9. The fourth-order valence-corrected chi connectivity index (χ4v) is 2.14. The molecule has 9 heteroatoms. The van der Waals surface area contributed by atoms with Crippen molar-refractivity contribution in [1.82, 2.24) is 15.5 Å². The average Bonchev–Trinajstić information content (AvgIpc) is 2.80. The Kier molecular flexibility index (Phi) is 5.08. The van der Waals surface area contributed by atoms with Gasteiger partial charge in [-0.1, -0.05) is 34.4 Å². The van der Waals surface area contributed by atoms with E-state index in [1.54, 1.807) is 18.2 Å². The van der Waals surface area contributed by atoms with Crippen LogP contribution in [0.2, 0.25) is 10.0 Å². The zero-order valence-corrected chi connectivity index (χ0v) is 12.1. The molecule has 0 aliphatic heterocycles. The molecule has 114 valence electrons. The largest absolute Gasteiger partial charge is 0.401 e. The first-order valence-corrected chi connectivity index (χ1v) is 6.62.